The van der Waals surface area contributed by atoms with Gasteiger partial charge in [-0.1, -0.05) is 6.07 Å². The van der Waals surface area contributed by atoms with Crippen molar-refractivity contribution in [2.45, 2.75) is 37.7 Å². The predicted octanol–water partition coefficient (Wildman–Crippen LogP) is 3.56. The van der Waals surface area contributed by atoms with E-state index in [0.717, 1.165) is 17.7 Å². The molecule has 0 amide bonds. The quantitative estimate of drug-likeness (QED) is 0.249. The van der Waals surface area contributed by atoms with Crippen molar-refractivity contribution in [1.82, 2.24) is 14.5 Å². The number of anilines is 1. The molecule has 1 fully saturated rings. The van der Waals surface area contributed by atoms with Crippen molar-refractivity contribution in [2.75, 3.05) is 11.9 Å². The monoisotopic (exact) mass is 595 g/mol. The van der Waals surface area contributed by atoms with Crippen LogP contribution in [0.5, 0.6) is 0 Å². The zero-order chi connectivity index (χ0) is 28.7. The van der Waals surface area contributed by atoms with Gasteiger partial charge in [0.15, 0.2) is 0 Å². The van der Waals surface area contributed by atoms with Gasteiger partial charge in [0.1, 0.15) is 12.1 Å². The van der Waals surface area contributed by atoms with Crippen LogP contribution in [0.3, 0.4) is 0 Å². The zero-order valence-corrected chi connectivity index (χ0v) is 22.3. The molecule has 0 radical (unpaired) electrons. The maximum Gasteiger partial charge on any atom is 0.416 e. The lowest BCUT2D eigenvalue weighted by molar-refractivity contribution is -0.137. The number of nitrogens with two attached hydrogens (primary N) is 1. The first-order valence-corrected chi connectivity index (χ1v) is 14.4. The third kappa shape index (κ3) is 6.33. The smallest absolute Gasteiger partial charge is 0.393 e. The lowest BCUT2D eigenvalue weighted by Crippen LogP contribution is -2.24. The number of aliphatic hydroxyl groups excluding tert-OH is 1. The number of halogens is 3. The minimum atomic E-state index is -4.45. The summed E-state index contributed by atoms with van der Waals surface area (Å²) in [5.74, 6) is -0.561. The van der Waals surface area contributed by atoms with Crippen LogP contribution in [-0.4, -0.2) is 52.6 Å². The van der Waals surface area contributed by atoms with Crippen LogP contribution in [0.2, 0.25) is 0 Å². The average Bonchev–Trinajstić information content (AvgIpc) is 3.61. The molecule has 4 N–H and O–H groups in total. The van der Waals surface area contributed by atoms with Crippen LogP contribution in [0.1, 0.15) is 39.2 Å². The molecule has 1 saturated carbocycles. The van der Waals surface area contributed by atoms with E-state index in [1.165, 1.54) is 29.9 Å². The van der Waals surface area contributed by atoms with Crippen LogP contribution in [-0.2, 0) is 27.2 Å². The van der Waals surface area contributed by atoms with Gasteiger partial charge in [0.25, 0.3) is 0 Å². The topological polar surface area (TPSA) is 149 Å². The lowest BCUT2D eigenvalue weighted by Gasteiger charge is -2.15. The average molecular weight is 596 g/mol. The molecule has 1 aliphatic rings. The number of fused-ring (bicyclic) bond motifs is 1. The highest BCUT2D eigenvalue weighted by Crippen LogP contribution is 2.33. The largest absolute Gasteiger partial charge is 0.416 e. The molecule has 0 unspecified atom stereocenters. The Morgan fingerprint density at radius 3 is 2.80 bits per heavy atom. The molecule has 40 heavy (non-hydrogen) atoms. The summed E-state index contributed by atoms with van der Waals surface area (Å²) in [6.45, 7) is 0.00679. The summed E-state index contributed by atoms with van der Waals surface area (Å²) < 4.78 is 68.1. The molecule has 3 atom stereocenters. The van der Waals surface area contributed by atoms with E-state index in [1.807, 2.05) is 0 Å². The maximum absolute atomic E-state index is 13.4. The Hall–Kier alpha value is -3.37. The minimum Gasteiger partial charge on any atom is -0.393 e. The fourth-order valence-corrected chi connectivity index (χ4v) is 6.01. The van der Waals surface area contributed by atoms with Crippen molar-refractivity contribution >= 4 is 44.1 Å². The van der Waals surface area contributed by atoms with Gasteiger partial charge in [-0.3, -0.25) is 8.98 Å². The molecular weight excluding hydrogens is 571 g/mol. The fraction of sp³-hybridized carbons (Fsp3) is 0.320. The Morgan fingerprint density at radius 2 is 2.05 bits per heavy atom. The van der Waals surface area contributed by atoms with Crippen LogP contribution in [0.25, 0.3) is 10.9 Å². The SMILES string of the molecule is NS(=O)(=O)OC[C@H]1C[C@@H](Nc2ncncc2C(=O)c2cc(Cn3ccc4ccc(C(F)(F)F)cc43)cs2)C[C@@H]1O. The minimum absolute atomic E-state index is 0.204. The second kappa shape index (κ2) is 10.9. The number of carbonyl (C=O) groups excluding carboxylic acids is 1. The van der Waals surface area contributed by atoms with Crippen molar-refractivity contribution in [2.24, 2.45) is 11.1 Å². The second-order valence-corrected chi connectivity index (χ2v) is 11.7. The van der Waals surface area contributed by atoms with Gasteiger partial charge in [-0.2, -0.15) is 21.6 Å². The van der Waals surface area contributed by atoms with Gasteiger partial charge in [-0.15, -0.1) is 11.3 Å². The molecule has 10 nitrogen and oxygen atoms in total. The Labute approximate surface area is 230 Å². The van der Waals surface area contributed by atoms with E-state index in [2.05, 4.69) is 19.5 Å². The number of rotatable bonds is 9. The third-order valence-corrected chi connectivity index (χ3v) is 8.18. The van der Waals surface area contributed by atoms with Crippen molar-refractivity contribution in [3.05, 3.63) is 76.0 Å². The number of aromatic nitrogens is 3. The van der Waals surface area contributed by atoms with Crippen molar-refractivity contribution in [3.63, 3.8) is 0 Å². The van der Waals surface area contributed by atoms with Crippen molar-refractivity contribution < 1.29 is 35.7 Å². The maximum atomic E-state index is 13.4. The number of thiophene rings is 1. The number of nitrogens with zero attached hydrogens (tertiary/aromatic N) is 3. The molecule has 5 rings (SSSR count). The molecule has 1 aromatic carbocycles. The van der Waals surface area contributed by atoms with E-state index in [4.69, 9.17) is 5.14 Å². The standard InChI is InChI=1S/C25H24F3N5O5S2/c26-25(27,28)17-2-1-15-3-4-33(20(15)7-17)10-14-5-22(39-12-14)23(35)19-9-30-13-31-24(19)32-18-6-16(21(34)8-18)11-38-40(29,36)37/h1-5,7,9,12-13,16,18,21,34H,6,8,10-11H2,(H2,29,36,37)(H,30,31,32)/t16-,18-,21+/m1/s1. The highest BCUT2D eigenvalue weighted by molar-refractivity contribution is 7.84. The Bertz CT molecular complexity index is 1650. The van der Waals surface area contributed by atoms with Crippen LogP contribution in [0.15, 0.2) is 54.4 Å². The molecule has 0 aliphatic heterocycles. The highest BCUT2D eigenvalue weighted by atomic mass is 32.2. The van der Waals surface area contributed by atoms with Gasteiger partial charge >= 0.3 is 16.5 Å². The number of alkyl halides is 3. The second-order valence-electron chi connectivity index (χ2n) is 9.57. The third-order valence-electron chi connectivity index (χ3n) is 6.73. The molecule has 1 aliphatic carbocycles. The molecule has 0 spiro atoms. The van der Waals surface area contributed by atoms with Gasteiger partial charge in [0.2, 0.25) is 5.78 Å². The number of hydrogen-bond acceptors (Lipinski definition) is 9. The summed E-state index contributed by atoms with van der Waals surface area (Å²) in [6.07, 6.45) is -0.296. The van der Waals surface area contributed by atoms with Gasteiger partial charge in [0, 0.05) is 36.4 Å². The summed E-state index contributed by atoms with van der Waals surface area (Å²) in [5.41, 5.74) is 0.647. The summed E-state index contributed by atoms with van der Waals surface area (Å²) in [4.78, 5) is 21.9. The predicted molar refractivity (Wildman–Crippen MR) is 141 cm³/mol. The molecule has 3 heterocycles. The van der Waals surface area contributed by atoms with Gasteiger partial charge in [-0.05, 0) is 53.4 Å². The normalized spacial score (nSPS) is 19.8. The summed E-state index contributed by atoms with van der Waals surface area (Å²) in [6, 6.07) is 6.69. The lowest BCUT2D eigenvalue weighted by atomic mass is 10.1. The van der Waals surface area contributed by atoms with E-state index in [9.17, 15) is 31.5 Å². The number of benzene rings is 1. The molecular formula is C25H24F3N5O5S2. The van der Waals surface area contributed by atoms with E-state index < -0.39 is 34.1 Å². The first-order chi connectivity index (χ1) is 18.9. The molecule has 212 valence electrons. The summed E-state index contributed by atoms with van der Waals surface area (Å²) >= 11 is 1.20. The van der Waals surface area contributed by atoms with E-state index in [1.54, 1.807) is 28.3 Å². The van der Waals surface area contributed by atoms with Crippen LogP contribution < -0.4 is 10.5 Å². The zero-order valence-electron chi connectivity index (χ0n) is 20.7. The Balaban J connectivity index is 1.30. The summed E-state index contributed by atoms with van der Waals surface area (Å²) in [7, 11) is -4.14. The number of nitrogens with one attached hydrogen (secondary N) is 1. The number of hydrogen-bond donors (Lipinski definition) is 3. The van der Waals surface area contributed by atoms with Crippen LogP contribution in [0, 0.1) is 5.92 Å². The Kier molecular flexibility index (Phi) is 7.67. The molecule has 4 aromatic rings. The fourth-order valence-electron chi connectivity index (χ4n) is 4.79. The molecule has 15 heteroatoms. The highest BCUT2D eigenvalue weighted by Gasteiger charge is 2.35. The molecule has 0 bridgehead atoms. The number of aliphatic hydroxyl groups is 1. The van der Waals surface area contributed by atoms with Crippen molar-refractivity contribution in [3.8, 4) is 0 Å². The van der Waals surface area contributed by atoms with Crippen LogP contribution in [0.4, 0.5) is 19.0 Å². The van der Waals surface area contributed by atoms with Crippen molar-refractivity contribution in [1.29, 1.82) is 0 Å². The van der Waals surface area contributed by atoms with E-state index >= 15 is 0 Å². The number of ketones is 1. The van der Waals surface area contributed by atoms with E-state index in [-0.39, 0.29) is 42.8 Å². The first-order valence-electron chi connectivity index (χ1n) is 12.1. The number of carbonyl (C=O) groups is 1. The van der Waals surface area contributed by atoms with Crippen LogP contribution >= 0.6 is 11.3 Å². The van der Waals surface area contributed by atoms with Gasteiger partial charge < -0.3 is 15.0 Å². The molecule has 0 saturated heterocycles. The summed E-state index contributed by atoms with van der Waals surface area (Å²) in [5, 5.41) is 20.8. The first kappa shape index (κ1) is 28.2. The van der Waals surface area contributed by atoms with E-state index in [0.29, 0.717) is 22.2 Å². The molecule has 3 aromatic heterocycles. The van der Waals surface area contributed by atoms with Gasteiger partial charge in [-0.25, -0.2) is 15.1 Å². The van der Waals surface area contributed by atoms with Gasteiger partial charge in [0.05, 0.1) is 28.7 Å². The Morgan fingerprint density at radius 1 is 1.25 bits per heavy atom.